The summed E-state index contributed by atoms with van der Waals surface area (Å²) in [5.74, 6) is 0.513. The Balaban J connectivity index is 1.02. The van der Waals surface area contributed by atoms with Gasteiger partial charge in [0, 0.05) is 16.3 Å². The van der Waals surface area contributed by atoms with Gasteiger partial charge in [0.2, 0.25) is 0 Å². The molecule has 12 rings (SSSR count). The molecule has 0 saturated carbocycles. The van der Waals surface area contributed by atoms with Gasteiger partial charge in [0.15, 0.2) is 0 Å². The third-order valence-electron chi connectivity index (χ3n) is 12.7. The molecule has 0 N–H and O–H groups in total. The van der Waals surface area contributed by atoms with Gasteiger partial charge in [-0.05, 0) is 6.07 Å². The number of anilines is 2. The fraction of sp³-hybridized carbons (Fsp3) is 0.0847. The summed E-state index contributed by atoms with van der Waals surface area (Å²) in [4.78, 5) is 6.92. The molecule has 0 atom stereocenters. The molecule has 8 heteroatoms. The number of rotatable bonds is 8. The quantitative estimate of drug-likeness (QED) is 0.142. The second kappa shape index (κ2) is 16.1. The Labute approximate surface area is 412 Å². The molecule has 0 radical (unpaired) electrons. The van der Waals surface area contributed by atoms with Crippen molar-refractivity contribution in [3.63, 3.8) is 0 Å². The summed E-state index contributed by atoms with van der Waals surface area (Å²) in [7, 11) is 0. The van der Waals surface area contributed by atoms with Crippen LogP contribution >= 0.6 is 0 Å². The SMILES string of the molecule is [2H]c1c([2H])c([2H])c(B2N(c3cccc(Oc4cc(-n5[c](=[Pt])n(-c6c(-c7ccccc7)cccc6-c6cccc(C(C)(C)C)c6)c6ccccc65)ccc4C([2H])([2H])[2H])n3)c3cccc4c5ccccc5n2c34)c([2H])c1[2H]. The van der Waals surface area contributed by atoms with Crippen molar-refractivity contribution in [2.24, 2.45) is 0 Å². The summed E-state index contributed by atoms with van der Waals surface area (Å²) in [5.41, 5.74) is 11.2. The zero-order valence-electron chi connectivity index (χ0n) is 44.8. The number of para-hydroxylation sites is 5. The Hall–Kier alpha value is -7.47. The molecule has 67 heavy (non-hydrogen) atoms. The number of hydrogen-bond donors (Lipinski definition) is 0. The second-order valence-electron chi connectivity index (χ2n) is 17.8. The first-order valence-electron chi connectivity index (χ1n) is 26.2. The Bertz CT molecular complexity index is 4170. The van der Waals surface area contributed by atoms with Crippen molar-refractivity contribution >= 4 is 56.8 Å². The summed E-state index contributed by atoms with van der Waals surface area (Å²) in [6, 6.07) is 55.7. The summed E-state index contributed by atoms with van der Waals surface area (Å²) in [6.07, 6.45) is 0. The number of fused-ring (bicyclic) bond motifs is 4. The first-order valence-corrected chi connectivity index (χ1v) is 23.3. The average molecular weight is 1050 g/mol. The van der Waals surface area contributed by atoms with Gasteiger partial charge in [-0.15, -0.1) is 0 Å². The molecule has 3 aromatic heterocycles. The topological polar surface area (TPSA) is 40.1 Å². The minimum absolute atomic E-state index is 0.0150. The van der Waals surface area contributed by atoms with Crippen LogP contribution in [0.25, 0.3) is 66.5 Å². The summed E-state index contributed by atoms with van der Waals surface area (Å²) in [6.45, 7) is 3.12. The van der Waals surface area contributed by atoms with Gasteiger partial charge in [0.1, 0.15) is 0 Å². The molecule has 0 amide bonds. The molecule has 0 saturated heterocycles. The fourth-order valence-corrected chi connectivity index (χ4v) is 10.8. The van der Waals surface area contributed by atoms with Crippen LogP contribution in [0.4, 0.5) is 11.5 Å². The molecule has 0 fully saturated rings. The van der Waals surface area contributed by atoms with Gasteiger partial charge in [-0.25, -0.2) is 0 Å². The number of aromatic nitrogens is 4. The van der Waals surface area contributed by atoms with Crippen LogP contribution in [0.1, 0.15) is 42.9 Å². The zero-order chi connectivity index (χ0) is 52.2. The fourth-order valence-electron chi connectivity index (χ4n) is 9.66. The molecule has 0 unspecified atom stereocenters. The number of benzene rings is 8. The first kappa shape index (κ1) is 33.1. The van der Waals surface area contributed by atoms with Gasteiger partial charge < -0.3 is 0 Å². The second-order valence-corrected chi connectivity index (χ2v) is 18.8. The maximum atomic E-state index is 9.20. The van der Waals surface area contributed by atoms with Crippen LogP contribution in [-0.4, -0.2) is 25.6 Å². The number of aryl methyl sites for hydroxylation is 1. The van der Waals surface area contributed by atoms with Crippen LogP contribution in [0.2, 0.25) is 0 Å². The van der Waals surface area contributed by atoms with E-state index in [0.717, 1.165) is 64.6 Å². The van der Waals surface area contributed by atoms with Crippen LogP contribution in [0, 0.1) is 10.7 Å². The van der Waals surface area contributed by atoms with Crippen molar-refractivity contribution in [3.8, 4) is 45.3 Å². The number of imidazole rings is 1. The van der Waals surface area contributed by atoms with Crippen molar-refractivity contribution < 1.29 is 35.1 Å². The van der Waals surface area contributed by atoms with Crippen molar-refractivity contribution in [2.45, 2.75) is 33.0 Å². The predicted molar refractivity (Wildman–Crippen MR) is 273 cm³/mol. The molecule has 326 valence electrons. The van der Waals surface area contributed by atoms with Gasteiger partial charge in [-0.1, -0.05) is 60.5 Å². The van der Waals surface area contributed by atoms with E-state index >= 15 is 0 Å². The third kappa shape index (κ3) is 6.83. The van der Waals surface area contributed by atoms with Gasteiger partial charge in [-0.2, -0.15) is 0 Å². The van der Waals surface area contributed by atoms with Crippen molar-refractivity contribution in [1.29, 1.82) is 0 Å². The molecule has 0 spiro atoms. The molecular weight excluding hydrogens is 1000 g/mol. The van der Waals surface area contributed by atoms with Crippen molar-refractivity contribution in [2.75, 3.05) is 4.81 Å². The smallest absolute Gasteiger partial charge is 0.0637 e. The molecule has 0 bridgehead atoms. The number of ether oxygens (including phenoxy) is 1. The van der Waals surface area contributed by atoms with E-state index < -0.39 is 32.0 Å². The minimum Gasteiger partial charge on any atom is -0.0637 e. The standard InChI is InChI=1S/C59H46BN5O.Pt/c1-40-35-36-45(62-39-63(52-31-14-13-30-51(52)62)57-46(41-19-7-5-8-20-41)26-16-27-47(57)42-21-15-22-43(37-42)59(2,3)4)38-54(40)66-56-34-18-33-55(61-56)64-53-32-17-28-49-48-25-11-12-29-50(48)65(58(49)53)60(64)44-23-9-6-10-24-44;/h5-38H,1-4H3;/i1D3,6D,9D,10D,23D,24D;. The van der Waals surface area contributed by atoms with Crippen LogP contribution in [0.15, 0.2) is 206 Å². The van der Waals surface area contributed by atoms with E-state index in [2.05, 4.69) is 116 Å². The minimum atomic E-state index is -2.58. The van der Waals surface area contributed by atoms with E-state index in [0.29, 0.717) is 17.2 Å². The number of nitrogens with zero attached hydrogens (tertiary/aromatic N) is 5. The van der Waals surface area contributed by atoms with E-state index in [1.54, 1.807) is 30.3 Å². The van der Waals surface area contributed by atoms with Crippen LogP contribution in [0.5, 0.6) is 11.6 Å². The molecular formula is C59H46BN5OPt. The van der Waals surface area contributed by atoms with E-state index in [-0.39, 0.29) is 40.2 Å². The summed E-state index contributed by atoms with van der Waals surface area (Å²) < 4.78 is 84.3. The van der Waals surface area contributed by atoms with Gasteiger partial charge in [0.05, 0.1) is 6.85 Å². The molecule has 1 aliphatic heterocycles. The molecule has 6 nitrogen and oxygen atoms in total. The van der Waals surface area contributed by atoms with Crippen LogP contribution < -0.4 is 15.0 Å². The third-order valence-corrected chi connectivity index (χ3v) is 13.7. The van der Waals surface area contributed by atoms with Gasteiger partial charge in [0.25, 0.3) is 0 Å². The van der Waals surface area contributed by atoms with Gasteiger partial charge in [-0.3, -0.25) is 0 Å². The van der Waals surface area contributed by atoms with Crippen LogP contribution in [0.3, 0.4) is 0 Å². The predicted octanol–water partition coefficient (Wildman–Crippen LogP) is 14.1. The van der Waals surface area contributed by atoms with E-state index in [1.807, 2.05) is 88.2 Å². The molecule has 0 aliphatic carbocycles. The first-order chi connectivity index (χ1) is 36.0. The molecule has 4 heterocycles. The Morgan fingerprint density at radius 1 is 0.627 bits per heavy atom. The summed E-state index contributed by atoms with van der Waals surface area (Å²) >= 11 is 2.37. The van der Waals surface area contributed by atoms with Crippen LogP contribution in [-0.2, 0) is 24.8 Å². The molecule has 11 aromatic rings. The monoisotopic (exact) mass is 1050 g/mol. The maximum absolute atomic E-state index is 9.20. The van der Waals surface area contributed by atoms with Crippen molar-refractivity contribution in [1.82, 2.24) is 18.6 Å². The zero-order valence-corrected chi connectivity index (χ0v) is 39.1. The Morgan fingerprint density at radius 3 is 2.09 bits per heavy atom. The number of hydrogen-bond acceptors (Lipinski definition) is 3. The Morgan fingerprint density at radius 2 is 1.30 bits per heavy atom. The average Bonchev–Trinajstić information content (AvgIpc) is 4.06. The molecule has 1 aliphatic rings. The normalized spacial score (nSPS) is 14.4. The van der Waals surface area contributed by atoms with Gasteiger partial charge >= 0.3 is 325 Å². The van der Waals surface area contributed by atoms with E-state index in [4.69, 9.17) is 17.9 Å². The van der Waals surface area contributed by atoms with E-state index in [1.165, 1.54) is 5.56 Å². The Kier molecular flexibility index (Phi) is 7.97. The summed E-state index contributed by atoms with van der Waals surface area (Å²) in [5, 5.41) is 1.88. The molecule has 8 aromatic carbocycles. The number of pyridine rings is 1. The van der Waals surface area contributed by atoms with Crippen molar-refractivity contribution in [3.05, 3.63) is 221 Å². The van der Waals surface area contributed by atoms with E-state index in [9.17, 15) is 2.74 Å².